The number of anilines is 2. The van der Waals surface area contributed by atoms with Crippen molar-refractivity contribution in [2.75, 3.05) is 17.7 Å². The molecule has 144 valence electrons. The van der Waals surface area contributed by atoms with Gasteiger partial charge in [0.25, 0.3) is 0 Å². The van der Waals surface area contributed by atoms with Crippen LogP contribution >= 0.6 is 11.8 Å². The van der Waals surface area contributed by atoms with Crippen LogP contribution < -0.4 is 15.4 Å². The third-order valence-corrected chi connectivity index (χ3v) is 4.92. The molecule has 0 aliphatic carbocycles. The molecule has 2 N–H and O–H groups in total. The van der Waals surface area contributed by atoms with E-state index in [1.54, 1.807) is 31.4 Å². The van der Waals surface area contributed by atoms with Gasteiger partial charge in [0.1, 0.15) is 5.75 Å². The van der Waals surface area contributed by atoms with Crippen LogP contribution in [0.4, 0.5) is 11.4 Å². The van der Waals surface area contributed by atoms with Crippen LogP contribution in [0.3, 0.4) is 0 Å². The Hall–Kier alpha value is -2.47. The lowest BCUT2D eigenvalue weighted by Gasteiger charge is -2.18. The summed E-state index contributed by atoms with van der Waals surface area (Å²) in [6.45, 7) is 7.42. The van der Waals surface area contributed by atoms with Crippen molar-refractivity contribution in [2.45, 2.75) is 37.8 Å². The number of carbonyl (C=O) groups excluding carboxylic acids is 2. The average Bonchev–Trinajstić information content (AvgIpc) is 2.61. The van der Waals surface area contributed by atoms with Gasteiger partial charge in [0.2, 0.25) is 11.8 Å². The molecular weight excluding hydrogens is 360 g/mol. The number of amides is 2. The Bertz CT molecular complexity index is 798. The van der Waals surface area contributed by atoms with Gasteiger partial charge in [-0.2, -0.15) is 0 Å². The highest BCUT2D eigenvalue weighted by Crippen LogP contribution is 2.26. The zero-order valence-corrected chi connectivity index (χ0v) is 17.1. The molecule has 6 heteroatoms. The molecule has 0 bridgehead atoms. The van der Waals surface area contributed by atoms with Crippen LogP contribution in [0.5, 0.6) is 5.75 Å². The molecule has 27 heavy (non-hydrogen) atoms. The van der Waals surface area contributed by atoms with E-state index in [0.29, 0.717) is 11.4 Å². The maximum Gasteiger partial charge on any atom is 0.237 e. The van der Waals surface area contributed by atoms with Gasteiger partial charge in [0.15, 0.2) is 0 Å². The number of rotatable bonds is 6. The molecule has 2 amide bonds. The van der Waals surface area contributed by atoms with E-state index in [2.05, 4.69) is 10.6 Å². The van der Waals surface area contributed by atoms with Gasteiger partial charge in [-0.1, -0.05) is 26.8 Å². The summed E-state index contributed by atoms with van der Waals surface area (Å²) in [5, 5.41) is 5.50. The van der Waals surface area contributed by atoms with Gasteiger partial charge >= 0.3 is 0 Å². The van der Waals surface area contributed by atoms with E-state index in [1.165, 1.54) is 11.8 Å². The molecule has 0 fully saturated rings. The zero-order valence-electron chi connectivity index (χ0n) is 16.3. The summed E-state index contributed by atoms with van der Waals surface area (Å²) in [6, 6.07) is 14.8. The first-order valence-electron chi connectivity index (χ1n) is 8.72. The van der Waals surface area contributed by atoms with E-state index >= 15 is 0 Å². The number of benzene rings is 2. The topological polar surface area (TPSA) is 67.4 Å². The van der Waals surface area contributed by atoms with Gasteiger partial charge in [0.05, 0.1) is 12.4 Å². The van der Waals surface area contributed by atoms with E-state index in [1.807, 2.05) is 52.0 Å². The van der Waals surface area contributed by atoms with Crippen LogP contribution in [0.2, 0.25) is 0 Å². The molecule has 0 saturated carbocycles. The Morgan fingerprint density at radius 3 is 2.15 bits per heavy atom. The van der Waals surface area contributed by atoms with Gasteiger partial charge in [-0.25, -0.2) is 0 Å². The number of thioether (sulfide) groups is 1. The number of carbonyl (C=O) groups is 2. The Morgan fingerprint density at radius 2 is 1.59 bits per heavy atom. The predicted molar refractivity (Wildman–Crippen MR) is 111 cm³/mol. The molecule has 0 aliphatic rings. The fraction of sp³-hybridized carbons (Fsp3) is 0.333. The van der Waals surface area contributed by atoms with E-state index < -0.39 is 5.41 Å². The van der Waals surface area contributed by atoms with Crippen LogP contribution in [0.25, 0.3) is 0 Å². The van der Waals surface area contributed by atoms with Crippen molar-refractivity contribution < 1.29 is 14.3 Å². The zero-order chi connectivity index (χ0) is 20.0. The maximum atomic E-state index is 12.5. The van der Waals surface area contributed by atoms with E-state index in [4.69, 9.17) is 4.74 Å². The maximum absolute atomic E-state index is 12.5. The number of nitrogens with one attached hydrogen (secondary N) is 2. The summed E-state index contributed by atoms with van der Waals surface area (Å²) in [5.74, 6) is 0.607. The molecule has 0 saturated heterocycles. The highest BCUT2D eigenvalue weighted by Gasteiger charge is 2.21. The second-order valence-corrected chi connectivity index (χ2v) is 8.62. The molecule has 5 nitrogen and oxygen atoms in total. The van der Waals surface area contributed by atoms with E-state index in [-0.39, 0.29) is 17.1 Å². The molecular formula is C21H26N2O3S. The highest BCUT2D eigenvalue weighted by molar-refractivity contribution is 8.00. The van der Waals surface area contributed by atoms with Crippen molar-refractivity contribution in [2.24, 2.45) is 5.41 Å². The quantitative estimate of drug-likeness (QED) is 0.700. The first-order chi connectivity index (χ1) is 12.7. The first kappa shape index (κ1) is 20.8. The molecule has 1 atom stereocenters. The van der Waals surface area contributed by atoms with Gasteiger partial charge in [-0.3, -0.25) is 9.59 Å². The Kier molecular flexibility index (Phi) is 6.91. The normalized spacial score (nSPS) is 12.2. The third kappa shape index (κ3) is 6.32. The van der Waals surface area contributed by atoms with Gasteiger partial charge in [-0.15, -0.1) is 11.8 Å². The van der Waals surface area contributed by atoms with Crippen molar-refractivity contribution in [1.82, 2.24) is 0 Å². The molecule has 0 heterocycles. The van der Waals surface area contributed by atoms with Crippen molar-refractivity contribution >= 4 is 35.0 Å². The number of ether oxygens (including phenoxy) is 1. The molecule has 0 aromatic heterocycles. The molecule has 0 radical (unpaired) electrons. The van der Waals surface area contributed by atoms with E-state index in [0.717, 1.165) is 10.6 Å². The Labute approximate surface area is 164 Å². The second kappa shape index (κ2) is 8.95. The average molecular weight is 387 g/mol. The molecule has 0 spiro atoms. The lowest BCUT2D eigenvalue weighted by Crippen LogP contribution is -2.27. The monoisotopic (exact) mass is 386 g/mol. The summed E-state index contributed by atoms with van der Waals surface area (Å²) < 4.78 is 5.14. The minimum absolute atomic E-state index is 0.0746. The Morgan fingerprint density at radius 1 is 1.00 bits per heavy atom. The van der Waals surface area contributed by atoms with Crippen molar-refractivity contribution in [1.29, 1.82) is 0 Å². The summed E-state index contributed by atoms with van der Waals surface area (Å²) in [6.07, 6.45) is 0. The van der Waals surface area contributed by atoms with Crippen molar-refractivity contribution in [3.05, 3.63) is 48.5 Å². The minimum Gasteiger partial charge on any atom is -0.497 e. The van der Waals surface area contributed by atoms with Crippen molar-refractivity contribution in [3.8, 4) is 5.75 Å². The van der Waals surface area contributed by atoms with Crippen LogP contribution in [-0.4, -0.2) is 24.2 Å². The van der Waals surface area contributed by atoms with Crippen LogP contribution in [-0.2, 0) is 9.59 Å². The lowest BCUT2D eigenvalue weighted by atomic mass is 9.95. The smallest absolute Gasteiger partial charge is 0.237 e. The van der Waals surface area contributed by atoms with Gasteiger partial charge in [0, 0.05) is 21.7 Å². The lowest BCUT2D eigenvalue weighted by molar-refractivity contribution is -0.123. The summed E-state index contributed by atoms with van der Waals surface area (Å²) >= 11 is 1.47. The van der Waals surface area contributed by atoms with Gasteiger partial charge < -0.3 is 15.4 Å². The standard InChI is InChI=1S/C21H26N2O3S/c1-14(27-18-11-9-17(26-5)10-12-18)19(24)22-15-7-6-8-16(13-15)23-20(25)21(2,3)4/h6-14H,1-5H3,(H,22,24)(H,23,25). The number of methoxy groups -OCH3 is 1. The summed E-state index contributed by atoms with van der Waals surface area (Å²) in [5.41, 5.74) is 0.819. The fourth-order valence-electron chi connectivity index (χ4n) is 2.15. The van der Waals surface area contributed by atoms with E-state index in [9.17, 15) is 9.59 Å². The molecule has 0 aliphatic heterocycles. The predicted octanol–water partition coefficient (Wildman–Crippen LogP) is 4.80. The number of hydrogen-bond acceptors (Lipinski definition) is 4. The number of hydrogen-bond donors (Lipinski definition) is 2. The van der Waals surface area contributed by atoms with Crippen molar-refractivity contribution in [3.63, 3.8) is 0 Å². The molecule has 2 aromatic carbocycles. The first-order valence-corrected chi connectivity index (χ1v) is 9.60. The summed E-state index contributed by atoms with van der Waals surface area (Å²) in [4.78, 5) is 25.6. The minimum atomic E-state index is -0.483. The molecule has 1 unspecified atom stereocenters. The third-order valence-electron chi connectivity index (χ3n) is 3.81. The molecule has 2 rings (SSSR count). The van der Waals surface area contributed by atoms with Gasteiger partial charge in [-0.05, 0) is 49.4 Å². The van der Waals surface area contributed by atoms with Crippen LogP contribution in [0.15, 0.2) is 53.4 Å². The second-order valence-electron chi connectivity index (χ2n) is 7.21. The fourth-order valence-corrected chi connectivity index (χ4v) is 3.02. The molecule has 2 aromatic rings. The summed E-state index contributed by atoms with van der Waals surface area (Å²) in [7, 11) is 1.62. The van der Waals surface area contributed by atoms with Crippen LogP contribution in [0.1, 0.15) is 27.7 Å². The highest BCUT2D eigenvalue weighted by atomic mass is 32.2. The largest absolute Gasteiger partial charge is 0.497 e. The SMILES string of the molecule is COc1ccc(SC(C)C(=O)Nc2cccc(NC(=O)C(C)(C)C)c2)cc1. The Balaban J connectivity index is 1.98. The van der Waals surface area contributed by atoms with Crippen LogP contribution in [0, 0.1) is 5.41 Å².